The minimum absolute atomic E-state index is 0.0137. The van der Waals surface area contributed by atoms with Crippen molar-refractivity contribution in [3.05, 3.63) is 0 Å². The Balaban J connectivity index is 0.000000609. The molecule has 5 unspecified atom stereocenters. The highest BCUT2D eigenvalue weighted by molar-refractivity contribution is 7.99. The lowest BCUT2D eigenvalue weighted by molar-refractivity contribution is -0.125. The number of aliphatic hydroxyl groups excluding tert-OH is 3. The van der Waals surface area contributed by atoms with Gasteiger partial charge in [0.25, 0.3) is 0 Å². The molecule has 6 N–H and O–H groups in total. The lowest BCUT2D eigenvalue weighted by atomic mass is 9.95. The molecule has 0 bridgehead atoms. The van der Waals surface area contributed by atoms with Crippen molar-refractivity contribution in [1.82, 2.24) is 10.2 Å². The maximum atomic E-state index is 12.1. The molecular formula is C34H65N3O7S. The van der Waals surface area contributed by atoms with E-state index in [0.717, 1.165) is 25.7 Å². The zero-order chi connectivity index (χ0) is 33.3. The molecule has 10 nitrogen and oxygen atoms in total. The van der Waals surface area contributed by atoms with Crippen LogP contribution in [0.15, 0.2) is 0 Å². The van der Waals surface area contributed by atoms with Crippen LogP contribution in [0.1, 0.15) is 149 Å². The molecule has 0 radical (unpaired) electrons. The van der Waals surface area contributed by atoms with Crippen molar-refractivity contribution in [3.63, 3.8) is 0 Å². The third-order valence-corrected chi connectivity index (χ3v) is 9.89. The number of thioether (sulfide) groups is 1. The molecule has 0 aliphatic carbocycles. The molecule has 5 atom stereocenters. The van der Waals surface area contributed by atoms with Crippen molar-refractivity contribution in [3.8, 4) is 0 Å². The standard InChI is InChI=1S/C22H40N2O6S.C12H25NO/c1-2-3-4-5-6-7-8-9-10-11-13-23-17(25)12-14-31-21-20(28)19(27)18(26)16-15-30-22(29)24(16)21;1-2-3-4-5-6-7-8-9-10-11-12(13)14/h16,18-21,26-28H,2-15H2,1H3,(H,23,25);2-11H2,1H3,(H2,13,14). The molecule has 0 aromatic heterocycles. The van der Waals surface area contributed by atoms with Gasteiger partial charge in [0.05, 0.1) is 6.04 Å². The van der Waals surface area contributed by atoms with Crippen LogP contribution in [0.5, 0.6) is 0 Å². The fourth-order valence-corrected chi connectivity index (χ4v) is 7.06. The number of rotatable bonds is 25. The summed E-state index contributed by atoms with van der Waals surface area (Å²) in [4.78, 5) is 35.7. The van der Waals surface area contributed by atoms with Gasteiger partial charge in [-0.25, -0.2) is 4.79 Å². The van der Waals surface area contributed by atoms with Gasteiger partial charge in [0, 0.05) is 25.1 Å². The largest absolute Gasteiger partial charge is 0.447 e. The molecule has 0 saturated carbocycles. The Morgan fingerprint density at radius 2 is 1.24 bits per heavy atom. The number of hydrogen-bond donors (Lipinski definition) is 5. The van der Waals surface area contributed by atoms with Gasteiger partial charge in [-0.2, -0.15) is 0 Å². The average Bonchev–Trinajstić information content (AvgIpc) is 3.40. The van der Waals surface area contributed by atoms with Crippen LogP contribution in [0.2, 0.25) is 0 Å². The first kappa shape index (κ1) is 41.5. The minimum Gasteiger partial charge on any atom is -0.447 e. The first-order chi connectivity index (χ1) is 21.7. The summed E-state index contributed by atoms with van der Waals surface area (Å²) < 4.78 is 4.96. The van der Waals surface area contributed by atoms with Crippen molar-refractivity contribution >= 4 is 29.7 Å². The summed E-state index contributed by atoms with van der Waals surface area (Å²) in [5, 5.41) is 32.5. The quantitative estimate of drug-likeness (QED) is 0.0770. The molecule has 3 amide bonds. The van der Waals surface area contributed by atoms with Crippen LogP contribution in [0.25, 0.3) is 0 Å². The SMILES string of the molecule is CCCCCCCCCCCC(N)=O.CCCCCCCCCCCCNC(=O)CCSC1C(O)C(O)C(O)C2COC(=O)N21. The maximum absolute atomic E-state index is 12.1. The second-order valence-corrected chi connectivity index (χ2v) is 13.8. The number of fused-ring (bicyclic) bond motifs is 1. The molecule has 2 heterocycles. The minimum atomic E-state index is -1.35. The van der Waals surface area contributed by atoms with Gasteiger partial charge >= 0.3 is 6.09 Å². The van der Waals surface area contributed by atoms with Crippen LogP contribution in [0.3, 0.4) is 0 Å². The fourth-order valence-electron chi connectivity index (χ4n) is 5.76. The molecular weight excluding hydrogens is 594 g/mol. The second kappa shape index (κ2) is 26.5. The lowest BCUT2D eigenvalue weighted by Crippen LogP contribution is -2.64. The highest BCUT2D eigenvalue weighted by Gasteiger charge is 2.53. The Labute approximate surface area is 277 Å². The van der Waals surface area contributed by atoms with Crippen molar-refractivity contribution < 1.29 is 34.4 Å². The van der Waals surface area contributed by atoms with Gasteiger partial charge in [0.15, 0.2) is 0 Å². The summed E-state index contributed by atoms with van der Waals surface area (Å²) in [6.45, 7) is 5.12. The van der Waals surface area contributed by atoms with E-state index < -0.39 is 35.8 Å². The number of nitrogens with one attached hydrogen (secondary N) is 1. The zero-order valence-corrected chi connectivity index (χ0v) is 29.1. The highest BCUT2D eigenvalue weighted by atomic mass is 32.2. The summed E-state index contributed by atoms with van der Waals surface area (Å²) in [7, 11) is 0. The summed E-state index contributed by atoms with van der Waals surface area (Å²) >= 11 is 1.22. The Hall–Kier alpha value is -1.56. The molecule has 45 heavy (non-hydrogen) atoms. The number of hydrogen-bond acceptors (Lipinski definition) is 8. The van der Waals surface area contributed by atoms with Crippen LogP contribution >= 0.6 is 11.8 Å². The third-order valence-electron chi connectivity index (χ3n) is 8.60. The number of nitrogens with zero attached hydrogens (tertiary/aromatic N) is 1. The molecule has 11 heteroatoms. The first-order valence-corrected chi connectivity index (χ1v) is 18.9. The third kappa shape index (κ3) is 18.4. The summed E-state index contributed by atoms with van der Waals surface area (Å²) in [6, 6.07) is -0.673. The van der Waals surface area contributed by atoms with Gasteiger partial charge in [0.2, 0.25) is 11.8 Å². The molecule has 2 rings (SSSR count). The monoisotopic (exact) mass is 659 g/mol. The molecule has 2 aliphatic heterocycles. The van der Waals surface area contributed by atoms with Crippen molar-refractivity contribution in [1.29, 1.82) is 0 Å². The highest BCUT2D eigenvalue weighted by Crippen LogP contribution is 2.35. The van der Waals surface area contributed by atoms with Gasteiger partial charge in [-0.05, 0) is 12.8 Å². The van der Waals surface area contributed by atoms with E-state index in [4.69, 9.17) is 10.5 Å². The smallest absolute Gasteiger partial charge is 0.411 e. The number of piperidine rings is 1. The summed E-state index contributed by atoms with van der Waals surface area (Å²) in [6.07, 6.45) is 20.4. The number of carbonyl (C=O) groups excluding carboxylic acids is 3. The van der Waals surface area contributed by atoms with Crippen molar-refractivity contribution in [2.45, 2.75) is 178 Å². The molecule has 264 valence electrons. The van der Waals surface area contributed by atoms with Crippen LogP contribution in [0, 0.1) is 0 Å². The normalized spacial score (nSPS) is 22.4. The first-order valence-electron chi connectivity index (χ1n) is 17.9. The number of cyclic esters (lactones) is 1. The van der Waals surface area contributed by atoms with E-state index in [1.807, 2.05) is 0 Å². The van der Waals surface area contributed by atoms with E-state index >= 15 is 0 Å². The van der Waals surface area contributed by atoms with E-state index in [0.29, 0.717) is 18.7 Å². The molecule has 2 fully saturated rings. The molecule has 0 spiro atoms. The van der Waals surface area contributed by atoms with Crippen LogP contribution < -0.4 is 11.1 Å². The van der Waals surface area contributed by atoms with E-state index in [1.54, 1.807) is 0 Å². The Morgan fingerprint density at radius 1 is 0.756 bits per heavy atom. The van der Waals surface area contributed by atoms with Gasteiger partial charge in [-0.15, -0.1) is 11.8 Å². The molecule has 0 aromatic rings. The maximum Gasteiger partial charge on any atom is 0.411 e. The van der Waals surface area contributed by atoms with E-state index in [2.05, 4.69) is 19.2 Å². The fraction of sp³-hybridized carbons (Fsp3) is 0.912. The zero-order valence-electron chi connectivity index (χ0n) is 28.3. The number of amides is 3. The summed E-state index contributed by atoms with van der Waals surface area (Å²) in [5.41, 5.74) is 5.05. The van der Waals surface area contributed by atoms with Crippen molar-refractivity contribution in [2.24, 2.45) is 5.73 Å². The molecule has 2 saturated heterocycles. The second-order valence-electron chi connectivity index (χ2n) is 12.6. The van der Waals surface area contributed by atoms with E-state index in [-0.39, 0.29) is 24.8 Å². The lowest BCUT2D eigenvalue weighted by Gasteiger charge is -2.43. The van der Waals surface area contributed by atoms with E-state index in [1.165, 1.54) is 113 Å². The number of primary amides is 1. The number of nitrogens with two attached hydrogens (primary N) is 1. The van der Waals surface area contributed by atoms with Crippen LogP contribution in [-0.2, 0) is 14.3 Å². The van der Waals surface area contributed by atoms with Crippen LogP contribution in [0.4, 0.5) is 4.79 Å². The van der Waals surface area contributed by atoms with Crippen LogP contribution in [-0.4, -0.2) is 86.8 Å². The van der Waals surface area contributed by atoms with Gasteiger partial charge in [0.1, 0.15) is 30.3 Å². The van der Waals surface area contributed by atoms with Gasteiger partial charge < -0.3 is 31.1 Å². The Bertz CT molecular complexity index is 791. The van der Waals surface area contributed by atoms with Crippen molar-refractivity contribution in [2.75, 3.05) is 18.9 Å². The number of aliphatic hydroxyl groups is 3. The number of carbonyl (C=O) groups is 3. The topological polar surface area (TPSA) is 162 Å². The predicted molar refractivity (Wildman–Crippen MR) is 182 cm³/mol. The average molecular weight is 660 g/mol. The molecule has 0 aromatic carbocycles. The van der Waals surface area contributed by atoms with E-state index in [9.17, 15) is 29.7 Å². The number of ether oxygens (including phenoxy) is 1. The Morgan fingerprint density at radius 3 is 1.76 bits per heavy atom. The Kier molecular flexibility index (Phi) is 24.4. The van der Waals surface area contributed by atoms with Gasteiger partial charge in [-0.3, -0.25) is 14.5 Å². The number of unbranched alkanes of at least 4 members (excludes halogenated alkanes) is 17. The predicted octanol–water partition coefficient (Wildman–Crippen LogP) is 5.78. The summed E-state index contributed by atoms with van der Waals surface area (Å²) in [5.74, 6) is 0.174. The molecule has 2 aliphatic rings. The van der Waals surface area contributed by atoms with Gasteiger partial charge in [-0.1, -0.05) is 123 Å².